The molecule has 0 bridgehead atoms. The highest BCUT2D eigenvalue weighted by molar-refractivity contribution is 5.73. The Morgan fingerprint density at radius 1 is 1.06 bits per heavy atom. The second kappa shape index (κ2) is 12.4. The first kappa shape index (κ1) is 25.6. The molecule has 0 saturated carbocycles. The van der Waals surface area contributed by atoms with Crippen molar-refractivity contribution in [2.75, 3.05) is 77.0 Å². The number of nitrogens with one attached hydrogen (secondary N) is 2. The van der Waals surface area contributed by atoms with Gasteiger partial charge in [-0.15, -0.1) is 0 Å². The molecule has 0 unspecified atom stereocenters. The van der Waals surface area contributed by atoms with Gasteiger partial charge in [-0.3, -0.25) is 9.80 Å². The van der Waals surface area contributed by atoms with Crippen LogP contribution in [0.15, 0.2) is 24.3 Å². The minimum absolute atomic E-state index is 0.134. The molecule has 2 aliphatic rings. The number of ether oxygens (including phenoxy) is 1. The summed E-state index contributed by atoms with van der Waals surface area (Å²) < 4.78 is 44.2. The summed E-state index contributed by atoms with van der Waals surface area (Å²) in [7, 11) is 0. The first-order valence-corrected chi connectivity index (χ1v) is 11.8. The van der Waals surface area contributed by atoms with E-state index in [1.807, 2.05) is 4.90 Å². The van der Waals surface area contributed by atoms with Crippen molar-refractivity contribution in [2.24, 2.45) is 0 Å². The van der Waals surface area contributed by atoms with Crippen LogP contribution in [-0.4, -0.2) is 94.0 Å². The Hall–Kier alpha value is -2.04. The van der Waals surface area contributed by atoms with Gasteiger partial charge in [0.2, 0.25) is 0 Å². The number of hydrogen-bond donors (Lipinski definition) is 2. The van der Waals surface area contributed by atoms with Gasteiger partial charge in [0.05, 0.1) is 18.8 Å². The summed E-state index contributed by atoms with van der Waals surface area (Å²) in [6, 6.07) is 5.70. The van der Waals surface area contributed by atoms with Crippen LogP contribution in [0.5, 0.6) is 0 Å². The molecule has 2 saturated heterocycles. The Labute approximate surface area is 194 Å². The molecule has 0 aliphatic carbocycles. The van der Waals surface area contributed by atoms with Crippen LogP contribution in [0.25, 0.3) is 0 Å². The topological polar surface area (TPSA) is 60.1 Å². The van der Waals surface area contributed by atoms with E-state index >= 15 is 0 Å². The number of urea groups is 1. The molecule has 2 aliphatic heterocycles. The van der Waals surface area contributed by atoms with Gasteiger partial charge in [-0.25, -0.2) is 4.79 Å². The standard InChI is InChI=1S/C23H36F3N5O2/c1-19(30-13-15-33-16-14-30)18-28-22(32)27-7-2-3-8-29-9-11-31(12-10-29)21-6-4-5-20(17-21)23(24,25)26/h4-6,17,19H,2-3,7-16,18H2,1H3,(H2,27,28,32)/t19-/m0/s1. The predicted molar refractivity (Wildman–Crippen MR) is 123 cm³/mol. The number of rotatable bonds is 9. The van der Waals surface area contributed by atoms with Crippen molar-refractivity contribution in [1.29, 1.82) is 0 Å². The molecule has 2 fully saturated rings. The van der Waals surface area contributed by atoms with Crippen molar-refractivity contribution in [3.05, 3.63) is 29.8 Å². The Morgan fingerprint density at radius 3 is 2.48 bits per heavy atom. The van der Waals surface area contributed by atoms with Crippen molar-refractivity contribution >= 4 is 11.7 Å². The van der Waals surface area contributed by atoms with Crippen LogP contribution in [0, 0.1) is 0 Å². The quantitative estimate of drug-likeness (QED) is 0.543. The minimum Gasteiger partial charge on any atom is -0.379 e. The van der Waals surface area contributed by atoms with E-state index < -0.39 is 11.7 Å². The molecule has 33 heavy (non-hydrogen) atoms. The fraction of sp³-hybridized carbons (Fsp3) is 0.696. The Morgan fingerprint density at radius 2 is 1.79 bits per heavy atom. The van der Waals surface area contributed by atoms with E-state index in [1.165, 1.54) is 12.1 Å². The highest BCUT2D eigenvalue weighted by atomic mass is 19.4. The van der Waals surface area contributed by atoms with E-state index in [-0.39, 0.29) is 12.1 Å². The summed E-state index contributed by atoms with van der Waals surface area (Å²) in [5.74, 6) is 0. The maximum atomic E-state index is 12.9. The second-order valence-electron chi connectivity index (χ2n) is 8.72. The highest BCUT2D eigenvalue weighted by Crippen LogP contribution is 2.31. The zero-order valence-corrected chi connectivity index (χ0v) is 19.4. The van der Waals surface area contributed by atoms with Gasteiger partial charge in [-0.05, 0) is 44.5 Å². The maximum Gasteiger partial charge on any atom is 0.416 e. The molecule has 10 heteroatoms. The number of carbonyl (C=O) groups excluding carboxylic acids is 1. The van der Waals surface area contributed by atoms with Crippen LogP contribution >= 0.6 is 0 Å². The third kappa shape index (κ3) is 8.35. The summed E-state index contributed by atoms with van der Waals surface area (Å²) in [4.78, 5) is 18.7. The van der Waals surface area contributed by atoms with Crippen LogP contribution in [0.3, 0.4) is 0 Å². The second-order valence-corrected chi connectivity index (χ2v) is 8.72. The SMILES string of the molecule is C[C@@H](CNC(=O)NCCCCN1CCN(c2cccc(C(F)(F)F)c2)CC1)N1CCOCC1. The first-order chi connectivity index (χ1) is 15.8. The van der Waals surface area contributed by atoms with Gasteiger partial charge in [-0.2, -0.15) is 13.2 Å². The van der Waals surface area contributed by atoms with Gasteiger partial charge in [0.1, 0.15) is 0 Å². The number of hydrogen-bond acceptors (Lipinski definition) is 5. The zero-order valence-electron chi connectivity index (χ0n) is 19.4. The molecule has 1 aromatic rings. The maximum absolute atomic E-state index is 12.9. The van der Waals surface area contributed by atoms with E-state index in [0.29, 0.717) is 31.9 Å². The molecule has 1 aromatic carbocycles. The molecular weight excluding hydrogens is 435 g/mol. The lowest BCUT2D eigenvalue weighted by molar-refractivity contribution is -0.137. The Bertz CT molecular complexity index is 735. The Balaban J connectivity index is 1.25. The van der Waals surface area contributed by atoms with Crippen molar-refractivity contribution in [3.63, 3.8) is 0 Å². The number of benzene rings is 1. The van der Waals surface area contributed by atoms with Crippen LogP contribution in [0.2, 0.25) is 0 Å². The number of anilines is 1. The number of piperazine rings is 1. The summed E-state index contributed by atoms with van der Waals surface area (Å²) in [5, 5.41) is 5.85. The van der Waals surface area contributed by atoms with E-state index in [1.54, 1.807) is 6.07 Å². The molecule has 1 atom stereocenters. The van der Waals surface area contributed by atoms with Gasteiger partial charge in [0, 0.05) is 64.1 Å². The molecule has 2 amide bonds. The molecule has 0 spiro atoms. The molecule has 2 N–H and O–H groups in total. The van der Waals surface area contributed by atoms with Crippen molar-refractivity contribution in [1.82, 2.24) is 20.4 Å². The Kier molecular flexibility index (Phi) is 9.64. The number of unbranched alkanes of at least 4 members (excludes halogenated alkanes) is 1. The summed E-state index contributed by atoms with van der Waals surface area (Å²) in [6.07, 6.45) is -2.46. The lowest BCUT2D eigenvalue weighted by atomic mass is 10.1. The third-order valence-corrected chi connectivity index (χ3v) is 6.32. The van der Waals surface area contributed by atoms with Crippen LogP contribution in [-0.2, 0) is 10.9 Å². The predicted octanol–water partition coefficient (Wildman–Crippen LogP) is 2.63. The minimum atomic E-state index is -4.32. The summed E-state index contributed by atoms with van der Waals surface area (Å²) in [6.45, 7) is 10.6. The van der Waals surface area contributed by atoms with Crippen LogP contribution in [0.4, 0.5) is 23.7 Å². The largest absolute Gasteiger partial charge is 0.416 e. The van der Waals surface area contributed by atoms with Gasteiger partial charge >= 0.3 is 12.2 Å². The van der Waals surface area contributed by atoms with Crippen LogP contribution in [0.1, 0.15) is 25.3 Å². The van der Waals surface area contributed by atoms with E-state index in [4.69, 9.17) is 4.74 Å². The smallest absolute Gasteiger partial charge is 0.379 e. The van der Waals surface area contributed by atoms with Crippen molar-refractivity contribution in [3.8, 4) is 0 Å². The molecule has 3 rings (SSSR count). The number of morpholine rings is 1. The average Bonchev–Trinajstić information content (AvgIpc) is 2.83. The highest BCUT2D eigenvalue weighted by Gasteiger charge is 2.31. The molecule has 0 aromatic heterocycles. The molecular formula is C23H36F3N5O2. The van der Waals surface area contributed by atoms with Gasteiger partial charge < -0.3 is 20.3 Å². The molecule has 2 heterocycles. The fourth-order valence-electron chi connectivity index (χ4n) is 4.22. The number of alkyl halides is 3. The number of halogens is 3. The van der Waals surface area contributed by atoms with Crippen LogP contribution < -0.4 is 15.5 Å². The first-order valence-electron chi connectivity index (χ1n) is 11.8. The zero-order chi connectivity index (χ0) is 23.7. The molecule has 186 valence electrons. The third-order valence-electron chi connectivity index (χ3n) is 6.32. The lowest BCUT2D eigenvalue weighted by Crippen LogP contribution is -2.49. The van der Waals surface area contributed by atoms with Gasteiger partial charge in [0.25, 0.3) is 0 Å². The van der Waals surface area contributed by atoms with Crippen molar-refractivity contribution < 1.29 is 22.7 Å². The molecule has 7 nitrogen and oxygen atoms in total. The number of nitrogens with zero attached hydrogens (tertiary/aromatic N) is 3. The number of amides is 2. The summed E-state index contributed by atoms with van der Waals surface area (Å²) in [5.41, 5.74) is 0.0251. The van der Waals surface area contributed by atoms with Crippen molar-refractivity contribution in [2.45, 2.75) is 32.0 Å². The van der Waals surface area contributed by atoms with Gasteiger partial charge in [-0.1, -0.05) is 6.07 Å². The van der Waals surface area contributed by atoms with E-state index in [2.05, 4.69) is 27.4 Å². The fourth-order valence-corrected chi connectivity index (χ4v) is 4.22. The van der Waals surface area contributed by atoms with E-state index in [9.17, 15) is 18.0 Å². The van der Waals surface area contributed by atoms with Gasteiger partial charge in [0.15, 0.2) is 0 Å². The summed E-state index contributed by atoms with van der Waals surface area (Å²) >= 11 is 0. The monoisotopic (exact) mass is 471 g/mol. The molecule has 0 radical (unpaired) electrons. The normalized spacial score (nSPS) is 19.3. The number of carbonyl (C=O) groups is 1. The average molecular weight is 472 g/mol. The lowest BCUT2D eigenvalue weighted by Gasteiger charge is -2.36. The van der Waals surface area contributed by atoms with E-state index in [0.717, 1.165) is 64.8 Å².